The van der Waals surface area contributed by atoms with E-state index in [-0.39, 0.29) is 94.4 Å². The minimum absolute atomic E-state index is 0. The molecule has 0 aromatic heterocycles. The molecule has 26 heteroatoms. The van der Waals surface area contributed by atoms with E-state index in [1.165, 1.54) is 45.6 Å². The van der Waals surface area contributed by atoms with Gasteiger partial charge in [0.1, 0.15) is 0 Å². The average Bonchev–Trinajstić information content (AvgIpc) is 4.20. The van der Waals surface area contributed by atoms with E-state index in [1.54, 1.807) is 66.6 Å². The van der Waals surface area contributed by atoms with Crippen LogP contribution in [0.1, 0.15) is 121 Å². The van der Waals surface area contributed by atoms with Crippen LogP contribution in [0.15, 0.2) is 121 Å². The fourth-order valence-electron chi connectivity index (χ4n) is 6.10. The van der Waals surface area contributed by atoms with Gasteiger partial charge in [-0.05, 0) is 90.6 Å². The van der Waals surface area contributed by atoms with Crippen molar-refractivity contribution in [2.75, 3.05) is 28.4 Å². The molecule has 4 aromatic carbocycles. The maximum Gasteiger partial charge on any atom is 1.00 e. The molecule has 4 aromatic rings. The van der Waals surface area contributed by atoms with Crippen LogP contribution in [-0.2, 0) is 43.3 Å². The Morgan fingerprint density at radius 3 is 1.34 bits per heavy atom. The molecule has 0 spiro atoms. The molecule has 3 aliphatic rings. The first kappa shape index (κ1) is 73.3. The summed E-state index contributed by atoms with van der Waals surface area (Å²) >= 11 is 3.24. The summed E-state index contributed by atoms with van der Waals surface area (Å²) in [6.45, 7) is 15.3. The molecule has 3 fully saturated rings. The summed E-state index contributed by atoms with van der Waals surface area (Å²) in [5.74, 6) is -10.2. The zero-order valence-electron chi connectivity index (χ0n) is 42.6. The summed E-state index contributed by atoms with van der Waals surface area (Å²) in [7, 11) is -1.99. The van der Waals surface area contributed by atoms with Crippen LogP contribution in [0.5, 0.6) is 0 Å². The molecule has 2 saturated carbocycles. The first-order valence-electron chi connectivity index (χ1n) is 21.5. The summed E-state index contributed by atoms with van der Waals surface area (Å²) in [5.41, 5.74) is 2.28. The second-order valence-corrected chi connectivity index (χ2v) is 18.8. The molecule has 1 aliphatic heterocycles. The molecule has 15 nitrogen and oxygen atoms in total. The fraction of sp³-hybridized carbons (Fsp3) is 0.353. The summed E-state index contributed by atoms with van der Waals surface area (Å²) < 4.78 is 135. The Hall–Kier alpha value is -5.81. The number of carbonyl (C=O) groups excluding carboxylic acids is 4. The van der Waals surface area contributed by atoms with E-state index >= 15 is 0 Å². The molecule has 1 heterocycles. The van der Waals surface area contributed by atoms with Gasteiger partial charge in [0, 0.05) is 20.2 Å². The van der Waals surface area contributed by atoms with Crippen molar-refractivity contribution < 1.29 is 123 Å². The summed E-state index contributed by atoms with van der Waals surface area (Å²) in [4.78, 5) is 54.0. The van der Waals surface area contributed by atoms with Crippen LogP contribution < -0.4 is 18.9 Å². The SMILES string of the molecule is C.C=CB1OC(C)(C)C(C)(C)O1.C=Cc1ccccc1C(=O)OC.COC(=O)C(F)(F)S(=O)(=O)F.COC(=O)c1ccccc1Br.COC(=O)c1ccccc1C1CC1(F)F.O=C(O)c1ccccc1C1CC1(F)F.[HH].[HH].[Li+].[OH-]. The number of ether oxygens (including phenoxy) is 4. The van der Waals surface area contributed by atoms with Gasteiger partial charge in [-0.3, -0.25) is 0 Å². The zero-order chi connectivity index (χ0) is 56.6. The smallest absolute Gasteiger partial charge is 0.870 e. The van der Waals surface area contributed by atoms with Gasteiger partial charge in [-0.1, -0.05) is 96.7 Å². The number of esters is 4. The second-order valence-electron chi connectivity index (χ2n) is 16.6. The minimum Gasteiger partial charge on any atom is -0.870 e. The molecule has 2 atom stereocenters. The molecule has 0 radical (unpaired) electrons. The number of aromatic carboxylic acids is 1. The van der Waals surface area contributed by atoms with Crippen LogP contribution in [0, 0.1) is 0 Å². The molecule has 2 unspecified atom stereocenters. The van der Waals surface area contributed by atoms with Crippen LogP contribution in [0.25, 0.3) is 6.08 Å². The van der Waals surface area contributed by atoms with Crippen molar-refractivity contribution in [3.63, 3.8) is 0 Å². The Morgan fingerprint density at radius 1 is 0.675 bits per heavy atom. The number of carboxylic acid groups (broad SMARTS) is 1. The monoisotopic (exact) mass is 1180 g/mol. The van der Waals surface area contributed by atoms with Gasteiger partial charge in [-0.15, -0.1) is 6.58 Å². The minimum atomic E-state index is -6.22. The number of hydrogen-bond donors (Lipinski definition) is 1. The number of hydrogen-bond acceptors (Lipinski definition) is 14. The topological polar surface area (TPSA) is 225 Å². The zero-order valence-corrected chi connectivity index (χ0v) is 45.0. The normalized spacial score (nSPS) is 17.0. The number of benzene rings is 4. The first-order chi connectivity index (χ1) is 34.2. The fourth-order valence-corrected chi connectivity index (χ4v) is 6.83. The number of alkyl halides is 6. The quantitative estimate of drug-likeness (QED) is 0.0513. The van der Waals surface area contributed by atoms with Crippen molar-refractivity contribution in [2.24, 2.45) is 0 Å². The van der Waals surface area contributed by atoms with Gasteiger partial charge in [0.05, 0.1) is 73.7 Å². The third-order valence-electron chi connectivity index (χ3n) is 11.0. The van der Waals surface area contributed by atoms with E-state index in [1.807, 2.05) is 45.9 Å². The molecule has 2 N–H and O–H groups in total. The first-order valence-corrected chi connectivity index (χ1v) is 23.7. The van der Waals surface area contributed by atoms with E-state index in [2.05, 4.69) is 48.0 Å². The van der Waals surface area contributed by atoms with Crippen molar-refractivity contribution >= 4 is 69.2 Å². The third-order valence-corrected chi connectivity index (χ3v) is 12.5. The van der Waals surface area contributed by atoms with E-state index in [0.717, 1.165) is 10.0 Å². The number of methoxy groups -OCH3 is 4. The number of carboxylic acids is 1. The van der Waals surface area contributed by atoms with Gasteiger partial charge in [-0.25, -0.2) is 41.5 Å². The van der Waals surface area contributed by atoms with Gasteiger partial charge < -0.3 is 38.8 Å². The van der Waals surface area contributed by atoms with E-state index in [9.17, 15) is 62.6 Å². The van der Waals surface area contributed by atoms with E-state index in [4.69, 9.17) is 14.4 Å². The third kappa shape index (κ3) is 20.5. The van der Waals surface area contributed by atoms with Crippen molar-refractivity contribution in [3.8, 4) is 0 Å². The molecule has 7 rings (SSSR count). The Bertz CT molecular complexity index is 2760. The molecule has 0 amide bonds. The summed E-state index contributed by atoms with van der Waals surface area (Å²) in [5, 5.41) is 3.66. The Kier molecular flexibility index (Phi) is 29.5. The predicted octanol–water partition coefficient (Wildman–Crippen LogP) is 9.27. The van der Waals surface area contributed by atoms with Gasteiger partial charge >= 0.3 is 71.3 Å². The molecule has 1 saturated heterocycles. The Labute approximate surface area is 466 Å². The van der Waals surface area contributed by atoms with Crippen molar-refractivity contribution in [1.29, 1.82) is 0 Å². The van der Waals surface area contributed by atoms with Crippen molar-refractivity contribution in [2.45, 2.75) is 88.1 Å². The second kappa shape index (κ2) is 31.0. The molecule has 0 bridgehead atoms. The number of carbonyl (C=O) groups is 5. The van der Waals surface area contributed by atoms with Crippen LogP contribution in [0.3, 0.4) is 0 Å². The van der Waals surface area contributed by atoms with Crippen LogP contribution in [0.2, 0.25) is 0 Å². The summed E-state index contributed by atoms with van der Waals surface area (Å²) in [6.07, 6.45) is 1.21. The largest absolute Gasteiger partial charge is 1.00 e. The molecule has 422 valence electrons. The van der Waals surface area contributed by atoms with E-state index in [0.29, 0.717) is 23.8 Å². The number of halogens is 8. The maximum absolute atomic E-state index is 12.9. The molecule has 2 aliphatic carbocycles. The average molecular weight is 1180 g/mol. The van der Waals surface area contributed by atoms with Crippen molar-refractivity contribution in [3.05, 3.63) is 160 Å². The standard InChI is InChI=1S/C11H10F2O2.C10H8F2O2.C10H10O2.C8H15BO2.C8H7BrO2.C3H3F3O4S.CH4.Li.H2O.2H2/c1-15-10(14)8-5-3-2-4-7(8)9-6-11(9,12)13;11-10(12)5-8(10)6-3-1-2-4-7(6)9(13)14;1-3-8-6-4-5-7-9(8)10(11)12-2;1-6-9-10-7(2,3)8(4,5)11-9;1-11-8(10)6-4-2-3-5-7(6)9;1-10-2(7)3(4,5)11(6,8)9;;;;;/h2-5,9H,6H2,1H3;1-4,8H,5H2,(H,13,14);3-7H,1H2,2H3;6H,1H2,2-5H3;2-5H,1H3;1H3;1H4;;1H2;2*1H/q;;;;;;;+1;;;/p-1. The van der Waals surface area contributed by atoms with Crippen LogP contribution in [0.4, 0.5) is 30.2 Å². The number of rotatable bonds is 10. The predicted molar refractivity (Wildman–Crippen MR) is 275 cm³/mol. The van der Waals surface area contributed by atoms with Crippen molar-refractivity contribution in [1.82, 2.24) is 0 Å². The van der Waals surface area contributed by atoms with Crippen LogP contribution in [-0.4, -0.2) is 113 Å². The van der Waals surface area contributed by atoms with Gasteiger partial charge in [0.15, 0.2) is 0 Å². The molecular weight excluding hydrogens is 1120 g/mol. The molecule has 77 heavy (non-hydrogen) atoms. The van der Waals surface area contributed by atoms with Gasteiger partial charge in [0.25, 0.3) is 11.8 Å². The molecular formula is C51H62BBrF7LiO15S. The van der Waals surface area contributed by atoms with Gasteiger partial charge in [-0.2, -0.15) is 17.2 Å². The maximum atomic E-state index is 12.9. The summed E-state index contributed by atoms with van der Waals surface area (Å²) in [6, 6.07) is 26.6. The van der Waals surface area contributed by atoms with Gasteiger partial charge in [0.2, 0.25) is 0 Å². The van der Waals surface area contributed by atoms with Crippen LogP contribution >= 0.6 is 15.9 Å². The van der Waals surface area contributed by atoms with E-state index < -0.39 is 57.1 Å². The Morgan fingerprint density at radius 2 is 1.01 bits per heavy atom. The Balaban J connectivity index is -0.000000424.